The molecule has 2 amide bonds. The largest absolute Gasteiger partial charge is 0.300 e. The SMILES string of the molecule is CC.O=C1CCC(N2C(=O)c3ccccc3C2=O)CC1. The summed E-state index contributed by atoms with van der Waals surface area (Å²) in [6, 6.07) is 6.78. The summed E-state index contributed by atoms with van der Waals surface area (Å²) in [6.07, 6.45) is 2.14. The molecule has 0 N–H and O–H groups in total. The van der Waals surface area contributed by atoms with Gasteiger partial charge in [0.2, 0.25) is 0 Å². The van der Waals surface area contributed by atoms with Crippen molar-refractivity contribution >= 4 is 17.6 Å². The van der Waals surface area contributed by atoms with Crippen LogP contribution >= 0.6 is 0 Å². The van der Waals surface area contributed by atoms with Gasteiger partial charge in [-0.15, -0.1) is 0 Å². The minimum Gasteiger partial charge on any atom is -0.300 e. The first-order chi connectivity index (χ1) is 9.68. The molecule has 4 nitrogen and oxygen atoms in total. The highest BCUT2D eigenvalue weighted by Crippen LogP contribution is 2.29. The summed E-state index contributed by atoms with van der Waals surface area (Å²) in [4.78, 5) is 37.0. The third-order valence-corrected chi connectivity index (χ3v) is 3.70. The van der Waals surface area contributed by atoms with Crippen molar-refractivity contribution in [2.45, 2.75) is 45.6 Å². The molecule has 1 aliphatic carbocycles. The van der Waals surface area contributed by atoms with Crippen LogP contribution in [0.4, 0.5) is 0 Å². The van der Waals surface area contributed by atoms with Crippen LogP contribution in [0.5, 0.6) is 0 Å². The quantitative estimate of drug-likeness (QED) is 0.739. The zero-order valence-corrected chi connectivity index (χ0v) is 11.9. The van der Waals surface area contributed by atoms with E-state index in [2.05, 4.69) is 0 Å². The first-order valence-corrected chi connectivity index (χ1v) is 7.17. The van der Waals surface area contributed by atoms with E-state index in [0.29, 0.717) is 36.8 Å². The van der Waals surface area contributed by atoms with Gasteiger partial charge in [0.25, 0.3) is 11.8 Å². The Morgan fingerprint density at radius 2 is 1.35 bits per heavy atom. The number of benzene rings is 1. The maximum atomic E-state index is 12.2. The highest BCUT2D eigenvalue weighted by molar-refractivity contribution is 6.21. The molecule has 1 saturated carbocycles. The summed E-state index contributed by atoms with van der Waals surface area (Å²) < 4.78 is 0. The molecule has 0 aromatic heterocycles. The second-order valence-electron chi connectivity index (χ2n) is 4.80. The molecule has 2 aliphatic rings. The van der Waals surface area contributed by atoms with E-state index in [9.17, 15) is 14.4 Å². The van der Waals surface area contributed by atoms with E-state index < -0.39 is 0 Å². The number of ketones is 1. The van der Waals surface area contributed by atoms with E-state index in [-0.39, 0.29) is 23.6 Å². The third-order valence-electron chi connectivity index (χ3n) is 3.70. The Labute approximate surface area is 118 Å². The second kappa shape index (κ2) is 5.99. The molecule has 1 aromatic carbocycles. The van der Waals surface area contributed by atoms with E-state index >= 15 is 0 Å². The number of hydrogen-bond acceptors (Lipinski definition) is 3. The van der Waals surface area contributed by atoms with Gasteiger partial charge in [0.05, 0.1) is 11.1 Å². The fourth-order valence-electron chi connectivity index (χ4n) is 2.72. The van der Waals surface area contributed by atoms with E-state index in [4.69, 9.17) is 0 Å². The van der Waals surface area contributed by atoms with Gasteiger partial charge in [-0.3, -0.25) is 19.3 Å². The Bertz CT molecular complexity index is 505. The maximum Gasteiger partial charge on any atom is 0.261 e. The van der Waals surface area contributed by atoms with Crippen LogP contribution in [0, 0.1) is 0 Å². The lowest BCUT2D eigenvalue weighted by Crippen LogP contribution is -2.42. The molecule has 20 heavy (non-hydrogen) atoms. The molecule has 0 bridgehead atoms. The molecule has 1 heterocycles. The lowest BCUT2D eigenvalue weighted by molar-refractivity contribution is -0.121. The summed E-state index contributed by atoms with van der Waals surface area (Å²) in [5.41, 5.74) is 0.971. The molecule has 1 aliphatic heterocycles. The van der Waals surface area contributed by atoms with Crippen LogP contribution in [0.3, 0.4) is 0 Å². The van der Waals surface area contributed by atoms with Gasteiger partial charge >= 0.3 is 0 Å². The first kappa shape index (κ1) is 14.4. The Morgan fingerprint density at radius 1 is 0.900 bits per heavy atom. The van der Waals surface area contributed by atoms with Crippen molar-refractivity contribution in [1.82, 2.24) is 4.90 Å². The Kier molecular flexibility index (Phi) is 4.32. The summed E-state index contributed by atoms with van der Waals surface area (Å²) in [7, 11) is 0. The molecular weight excluding hydrogens is 254 g/mol. The standard InChI is InChI=1S/C14H13NO3.C2H6/c16-10-7-5-9(6-8-10)15-13(17)11-3-1-2-4-12(11)14(15)18;1-2/h1-4,9H,5-8H2;1-2H3. The molecule has 3 rings (SSSR count). The number of fused-ring (bicyclic) bond motifs is 1. The van der Waals surface area contributed by atoms with Crippen molar-refractivity contribution in [3.8, 4) is 0 Å². The van der Waals surface area contributed by atoms with Crippen LogP contribution in [-0.4, -0.2) is 28.5 Å². The van der Waals surface area contributed by atoms with Crippen molar-refractivity contribution in [1.29, 1.82) is 0 Å². The number of nitrogens with zero attached hydrogens (tertiary/aromatic N) is 1. The maximum absolute atomic E-state index is 12.2. The fraction of sp³-hybridized carbons (Fsp3) is 0.438. The molecule has 0 spiro atoms. The average Bonchev–Trinajstić information content (AvgIpc) is 2.75. The zero-order valence-electron chi connectivity index (χ0n) is 11.9. The number of rotatable bonds is 1. The van der Waals surface area contributed by atoms with E-state index in [0.717, 1.165) is 0 Å². The number of hydrogen-bond donors (Lipinski definition) is 0. The molecule has 0 radical (unpaired) electrons. The van der Waals surface area contributed by atoms with Crippen molar-refractivity contribution in [3.63, 3.8) is 0 Å². The Morgan fingerprint density at radius 3 is 1.80 bits per heavy atom. The van der Waals surface area contributed by atoms with E-state index in [1.807, 2.05) is 13.8 Å². The first-order valence-electron chi connectivity index (χ1n) is 7.17. The second-order valence-corrected chi connectivity index (χ2v) is 4.80. The number of amides is 2. The van der Waals surface area contributed by atoms with Gasteiger partial charge in [-0.2, -0.15) is 0 Å². The van der Waals surface area contributed by atoms with Crippen molar-refractivity contribution in [2.75, 3.05) is 0 Å². The average molecular weight is 273 g/mol. The van der Waals surface area contributed by atoms with Crippen molar-refractivity contribution in [2.24, 2.45) is 0 Å². The molecular formula is C16H19NO3. The number of carbonyl (C=O) groups is 3. The highest BCUT2D eigenvalue weighted by Gasteiger charge is 2.40. The minimum absolute atomic E-state index is 0.116. The van der Waals surface area contributed by atoms with Gasteiger partial charge in [-0.05, 0) is 25.0 Å². The topological polar surface area (TPSA) is 54.5 Å². The van der Waals surface area contributed by atoms with Gasteiger partial charge in [0, 0.05) is 18.9 Å². The number of Topliss-reactive ketones (excluding diaryl/α,β-unsaturated/α-hetero) is 1. The molecule has 1 fully saturated rings. The summed E-state index contributed by atoms with van der Waals surface area (Å²) in [6.45, 7) is 4.00. The van der Waals surface area contributed by atoms with Crippen LogP contribution in [0.25, 0.3) is 0 Å². The predicted octanol–water partition coefficient (Wildman–Crippen LogP) is 2.82. The lowest BCUT2D eigenvalue weighted by Gasteiger charge is -2.28. The monoisotopic (exact) mass is 273 g/mol. The van der Waals surface area contributed by atoms with Gasteiger partial charge in [-0.25, -0.2) is 0 Å². The number of imide groups is 1. The Balaban J connectivity index is 0.000000704. The van der Waals surface area contributed by atoms with Crippen molar-refractivity contribution < 1.29 is 14.4 Å². The fourth-order valence-corrected chi connectivity index (χ4v) is 2.72. The highest BCUT2D eigenvalue weighted by atomic mass is 16.2. The van der Waals surface area contributed by atoms with Crippen LogP contribution in [0.15, 0.2) is 24.3 Å². The van der Waals surface area contributed by atoms with E-state index in [1.54, 1.807) is 24.3 Å². The molecule has 106 valence electrons. The van der Waals surface area contributed by atoms with Crippen LogP contribution in [-0.2, 0) is 4.79 Å². The van der Waals surface area contributed by atoms with Crippen molar-refractivity contribution in [3.05, 3.63) is 35.4 Å². The Hall–Kier alpha value is -1.97. The van der Waals surface area contributed by atoms with Crippen LogP contribution < -0.4 is 0 Å². The smallest absolute Gasteiger partial charge is 0.261 e. The van der Waals surface area contributed by atoms with E-state index in [1.165, 1.54) is 4.90 Å². The summed E-state index contributed by atoms with van der Waals surface area (Å²) in [5, 5.41) is 0. The van der Waals surface area contributed by atoms with Gasteiger partial charge in [-0.1, -0.05) is 26.0 Å². The normalized spacial score (nSPS) is 18.7. The summed E-state index contributed by atoms with van der Waals surface area (Å²) >= 11 is 0. The molecule has 1 aromatic rings. The minimum atomic E-state index is -0.213. The molecule has 0 saturated heterocycles. The summed E-state index contributed by atoms with van der Waals surface area (Å²) in [5.74, 6) is -0.201. The predicted molar refractivity (Wildman–Crippen MR) is 75.6 cm³/mol. The molecule has 0 atom stereocenters. The number of carbonyl (C=O) groups excluding carboxylic acids is 3. The zero-order chi connectivity index (χ0) is 14.7. The third kappa shape index (κ3) is 2.38. The van der Waals surface area contributed by atoms with Gasteiger partial charge in [0.1, 0.15) is 5.78 Å². The van der Waals surface area contributed by atoms with Gasteiger partial charge < -0.3 is 0 Å². The van der Waals surface area contributed by atoms with Gasteiger partial charge in [0.15, 0.2) is 0 Å². The van der Waals surface area contributed by atoms with Crippen LogP contribution in [0.2, 0.25) is 0 Å². The molecule has 0 unspecified atom stereocenters. The molecule has 4 heteroatoms. The lowest BCUT2D eigenvalue weighted by atomic mass is 9.93. The van der Waals surface area contributed by atoms with Crippen LogP contribution in [0.1, 0.15) is 60.2 Å².